The van der Waals surface area contributed by atoms with Crippen molar-refractivity contribution in [3.8, 4) is 0 Å². The first-order chi connectivity index (χ1) is 10.3. The molecule has 1 amide bonds. The maximum absolute atomic E-state index is 12.6. The largest absolute Gasteiger partial charge is 0.461 e. The molecule has 5 nitrogen and oxygen atoms in total. The molecule has 0 aliphatic carbocycles. The van der Waals surface area contributed by atoms with E-state index in [9.17, 15) is 4.79 Å². The number of furan rings is 1. The number of rotatable bonds is 3. The van der Waals surface area contributed by atoms with E-state index in [1.165, 1.54) is 0 Å². The molecule has 0 aromatic carbocycles. The SMILES string of the molecule is COCc1ccc(C2CCCC(C)N2C(=O)OC(C)(C)C)o1. The Labute approximate surface area is 132 Å². The predicted octanol–water partition coefficient (Wildman–Crippen LogP) is 4.28. The number of nitrogens with zero attached hydrogens (tertiary/aromatic N) is 1. The molecule has 124 valence electrons. The fourth-order valence-electron chi connectivity index (χ4n) is 2.89. The highest BCUT2D eigenvalue weighted by Gasteiger charge is 2.37. The fourth-order valence-corrected chi connectivity index (χ4v) is 2.89. The topological polar surface area (TPSA) is 51.9 Å². The van der Waals surface area contributed by atoms with Gasteiger partial charge in [0.1, 0.15) is 23.7 Å². The van der Waals surface area contributed by atoms with Gasteiger partial charge in [0.2, 0.25) is 0 Å². The molecular weight excluding hydrogens is 282 g/mol. The predicted molar refractivity (Wildman–Crippen MR) is 83.5 cm³/mol. The van der Waals surface area contributed by atoms with Crippen LogP contribution in [-0.4, -0.2) is 29.7 Å². The van der Waals surface area contributed by atoms with E-state index in [1.807, 2.05) is 37.8 Å². The van der Waals surface area contributed by atoms with Crippen molar-refractivity contribution >= 4 is 6.09 Å². The zero-order valence-electron chi connectivity index (χ0n) is 14.2. The Morgan fingerprint density at radius 2 is 2.09 bits per heavy atom. The van der Waals surface area contributed by atoms with Gasteiger partial charge in [0.05, 0.1) is 6.04 Å². The van der Waals surface area contributed by atoms with E-state index < -0.39 is 5.60 Å². The molecule has 1 saturated heterocycles. The zero-order valence-corrected chi connectivity index (χ0v) is 14.2. The van der Waals surface area contributed by atoms with E-state index in [0.29, 0.717) is 6.61 Å². The molecule has 2 heterocycles. The molecule has 1 aromatic rings. The van der Waals surface area contributed by atoms with Gasteiger partial charge in [-0.25, -0.2) is 4.79 Å². The molecule has 2 rings (SSSR count). The number of ether oxygens (including phenoxy) is 2. The van der Waals surface area contributed by atoms with Gasteiger partial charge in [0.15, 0.2) is 0 Å². The van der Waals surface area contributed by atoms with E-state index in [-0.39, 0.29) is 18.2 Å². The fraction of sp³-hybridized carbons (Fsp3) is 0.706. The van der Waals surface area contributed by atoms with Crippen LogP contribution in [0, 0.1) is 0 Å². The quantitative estimate of drug-likeness (QED) is 0.836. The van der Waals surface area contributed by atoms with Crippen LogP contribution in [0.1, 0.15) is 64.5 Å². The van der Waals surface area contributed by atoms with Gasteiger partial charge in [-0.2, -0.15) is 0 Å². The van der Waals surface area contributed by atoms with E-state index >= 15 is 0 Å². The number of likely N-dealkylation sites (tertiary alicyclic amines) is 1. The normalized spacial score (nSPS) is 22.7. The summed E-state index contributed by atoms with van der Waals surface area (Å²) >= 11 is 0. The molecule has 2 atom stereocenters. The minimum Gasteiger partial charge on any atom is -0.461 e. The lowest BCUT2D eigenvalue weighted by Crippen LogP contribution is -2.46. The third-order valence-electron chi connectivity index (χ3n) is 3.81. The Balaban J connectivity index is 2.20. The standard InChI is InChI=1S/C17H27NO4/c1-12-7-6-8-14(15-10-9-13(21-15)11-20-5)18(12)16(19)22-17(2,3)4/h9-10,12,14H,6-8,11H2,1-5H3. The average molecular weight is 309 g/mol. The number of hydrogen-bond acceptors (Lipinski definition) is 4. The van der Waals surface area contributed by atoms with Gasteiger partial charge in [-0.1, -0.05) is 0 Å². The second-order valence-corrected chi connectivity index (χ2v) is 6.92. The Morgan fingerprint density at radius 3 is 2.73 bits per heavy atom. The first-order valence-corrected chi connectivity index (χ1v) is 7.90. The number of methoxy groups -OCH3 is 1. The number of carbonyl (C=O) groups is 1. The minimum atomic E-state index is -0.497. The smallest absolute Gasteiger partial charge is 0.411 e. The molecule has 2 unspecified atom stereocenters. The summed E-state index contributed by atoms with van der Waals surface area (Å²) in [5.41, 5.74) is -0.497. The minimum absolute atomic E-state index is 0.0655. The van der Waals surface area contributed by atoms with Crippen molar-refractivity contribution in [3.05, 3.63) is 23.7 Å². The first kappa shape index (κ1) is 16.9. The molecule has 1 aromatic heterocycles. The molecule has 5 heteroatoms. The van der Waals surface area contributed by atoms with Crippen LogP contribution < -0.4 is 0 Å². The maximum atomic E-state index is 12.6. The molecule has 22 heavy (non-hydrogen) atoms. The van der Waals surface area contributed by atoms with Crippen LogP contribution >= 0.6 is 0 Å². The van der Waals surface area contributed by atoms with Crippen LogP contribution in [0.4, 0.5) is 4.79 Å². The lowest BCUT2D eigenvalue weighted by Gasteiger charge is -2.40. The van der Waals surface area contributed by atoms with Crippen molar-refractivity contribution in [2.24, 2.45) is 0 Å². The Kier molecular flexibility index (Phi) is 5.16. The molecule has 1 fully saturated rings. The highest BCUT2D eigenvalue weighted by molar-refractivity contribution is 5.69. The van der Waals surface area contributed by atoms with E-state index in [2.05, 4.69) is 6.92 Å². The number of carbonyl (C=O) groups excluding carboxylic acids is 1. The zero-order chi connectivity index (χ0) is 16.3. The Bertz CT molecular complexity index is 503. The molecule has 0 bridgehead atoms. The van der Waals surface area contributed by atoms with E-state index in [0.717, 1.165) is 30.8 Å². The number of hydrogen-bond donors (Lipinski definition) is 0. The van der Waals surface area contributed by atoms with Crippen LogP contribution in [0.25, 0.3) is 0 Å². The van der Waals surface area contributed by atoms with Crippen LogP contribution in [0.5, 0.6) is 0 Å². The van der Waals surface area contributed by atoms with E-state index in [4.69, 9.17) is 13.9 Å². The van der Waals surface area contributed by atoms with Gasteiger partial charge in [0.25, 0.3) is 0 Å². The molecule has 0 radical (unpaired) electrons. The van der Waals surface area contributed by atoms with Crippen molar-refractivity contribution in [2.45, 2.75) is 71.2 Å². The number of piperidine rings is 1. The van der Waals surface area contributed by atoms with Crippen molar-refractivity contribution in [2.75, 3.05) is 7.11 Å². The van der Waals surface area contributed by atoms with Crippen LogP contribution in [0.3, 0.4) is 0 Å². The van der Waals surface area contributed by atoms with Crippen molar-refractivity contribution < 1.29 is 18.7 Å². The summed E-state index contributed by atoms with van der Waals surface area (Å²) in [5.74, 6) is 1.59. The summed E-state index contributed by atoms with van der Waals surface area (Å²) in [5, 5.41) is 0. The van der Waals surface area contributed by atoms with Crippen LogP contribution in [-0.2, 0) is 16.1 Å². The molecule has 1 aliphatic rings. The van der Waals surface area contributed by atoms with Crippen molar-refractivity contribution in [1.82, 2.24) is 4.90 Å². The Morgan fingerprint density at radius 1 is 1.36 bits per heavy atom. The van der Waals surface area contributed by atoms with Gasteiger partial charge in [-0.15, -0.1) is 0 Å². The molecule has 1 aliphatic heterocycles. The molecule has 0 saturated carbocycles. The summed E-state index contributed by atoms with van der Waals surface area (Å²) in [6.07, 6.45) is 2.69. The van der Waals surface area contributed by atoms with Crippen LogP contribution in [0.15, 0.2) is 16.5 Å². The second kappa shape index (κ2) is 6.73. The third kappa shape index (κ3) is 4.03. The van der Waals surface area contributed by atoms with Crippen LogP contribution in [0.2, 0.25) is 0 Å². The summed E-state index contributed by atoms with van der Waals surface area (Å²) < 4.78 is 16.5. The summed E-state index contributed by atoms with van der Waals surface area (Å²) in [7, 11) is 1.64. The Hall–Kier alpha value is -1.49. The molecule has 0 spiro atoms. The molecular formula is C17H27NO4. The van der Waals surface area contributed by atoms with Crippen molar-refractivity contribution in [1.29, 1.82) is 0 Å². The molecule has 0 N–H and O–H groups in total. The van der Waals surface area contributed by atoms with Gasteiger partial charge in [0, 0.05) is 13.2 Å². The lowest BCUT2D eigenvalue weighted by molar-refractivity contribution is -0.00686. The summed E-state index contributed by atoms with van der Waals surface area (Å²) in [6.45, 7) is 8.16. The monoisotopic (exact) mass is 309 g/mol. The van der Waals surface area contributed by atoms with Gasteiger partial charge < -0.3 is 13.9 Å². The summed E-state index contributed by atoms with van der Waals surface area (Å²) in [4.78, 5) is 14.4. The third-order valence-corrected chi connectivity index (χ3v) is 3.81. The summed E-state index contributed by atoms with van der Waals surface area (Å²) in [6, 6.07) is 3.92. The van der Waals surface area contributed by atoms with Crippen molar-refractivity contribution in [3.63, 3.8) is 0 Å². The average Bonchev–Trinajstić information content (AvgIpc) is 2.85. The second-order valence-electron chi connectivity index (χ2n) is 6.92. The highest BCUT2D eigenvalue weighted by Crippen LogP contribution is 2.36. The first-order valence-electron chi connectivity index (χ1n) is 7.90. The lowest BCUT2D eigenvalue weighted by atomic mass is 9.95. The van der Waals surface area contributed by atoms with Gasteiger partial charge in [-0.3, -0.25) is 4.90 Å². The van der Waals surface area contributed by atoms with Gasteiger partial charge in [-0.05, 0) is 59.1 Å². The van der Waals surface area contributed by atoms with Gasteiger partial charge >= 0.3 is 6.09 Å². The maximum Gasteiger partial charge on any atom is 0.411 e. The van der Waals surface area contributed by atoms with E-state index in [1.54, 1.807) is 7.11 Å². The highest BCUT2D eigenvalue weighted by atomic mass is 16.6. The number of amides is 1.